The number of aliphatic hydroxyl groups is 1. The van der Waals surface area contributed by atoms with Crippen molar-refractivity contribution in [1.82, 2.24) is 5.32 Å². The maximum absolute atomic E-state index is 12.1. The van der Waals surface area contributed by atoms with E-state index in [9.17, 15) is 4.79 Å². The maximum Gasteiger partial charge on any atom is 0.251 e. The molecular formula is C16H18N2O3. The lowest BCUT2D eigenvalue weighted by atomic mass is 10.1. The highest BCUT2D eigenvalue weighted by molar-refractivity contribution is 5.95. The first-order chi connectivity index (χ1) is 10.1. The molecule has 110 valence electrons. The molecule has 0 saturated carbocycles. The molecular weight excluding hydrogens is 268 g/mol. The number of rotatable bonds is 5. The van der Waals surface area contributed by atoms with Crippen LogP contribution >= 0.6 is 0 Å². The fraction of sp³-hybridized carbons (Fsp3) is 0.188. The molecule has 5 heteroatoms. The Balaban J connectivity index is 2.06. The van der Waals surface area contributed by atoms with Crippen molar-refractivity contribution in [2.75, 3.05) is 12.8 Å². The second kappa shape index (κ2) is 6.76. The largest absolute Gasteiger partial charge is 0.497 e. The maximum atomic E-state index is 12.1. The quantitative estimate of drug-likeness (QED) is 0.730. The Morgan fingerprint density at radius 2 is 2.00 bits per heavy atom. The second-order valence-electron chi connectivity index (χ2n) is 4.66. The zero-order valence-electron chi connectivity index (χ0n) is 11.8. The van der Waals surface area contributed by atoms with Crippen molar-refractivity contribution in [3.8, 4) is 5.75 Å². The average Bonchev–Trinajstić information content (AvgIpc) is 2.52. The molecule has 0 aliphatic carbocycles. The molecule has 2 aromatic rings. The van der Waals surface area contributed by atoms with Gasteiger partial charge in [0.1, 0.15) is 5.75 Å². The predicted octanol–water partition coefficient (Wildman–Crippen LogP) is 1.70. The number of anilines is 1. The van der Waals surface area contributed by atoms with Gasteiger partial charge in [0, 0.05) is 23.9 Å². The zero-order valence-corrected chi connectivity index (χ0v) is 11.8. The highest BCUT2D eigenvalue weighted by Crippen LogP contribution is 2.18. The molecule has 0 radical (unpaired) electrons. The molecule has 2 rings (SSSR count). The number of nitrogens with one attached hydrogen (secondary N) is 1. The van der Waals surface area contributed by atoms with E-state index in [0.717, 1.165) is 11.1 Å². The van der Waals surface area contributed by atoms with Crippen LogP contribution in [0.3, 0.4) is 0 Å². The molecule has 0 fully saturated rings. The van der Waals surface area contributed by atoms with Crippen LogP contribution in [-0.4, -0.2) is 18.1 Å². The number of hydrogen-bond donors (Lipinski definition) is 3. The summed E-state index contributed by atoms with van der Waals surface area (Å²) in [7, 11) is 1.52. The summed E-state index contributed by atoms with van der Waals surface area (Å²) in [5, 5.41) is 11.9. The summed E-state index contributed by atoms with van der Waals surface area (Å²) in [6, 6.07) is 12.3. The number of carbonyl (C=O) groups excluding carboxylic acids is 1. The lowest BCUT2D eigenvalue weighted by molar-refractivity contribution is 0.0950. The van der Waals surface area contributed by atoms with E-state index in [4.69, 9.17) is 15.6 Å². The Kier molecular flexibility index (Phi) is 4.79. The van der Waals surface area contributed by atoms with Crippen molar-refractivity contribution in [2.45, 2.75) is 13.2 Å². The van der Waals surface area contributed by atoms with Crippen LogP contribution in [0, 0.1) is 0 Å². The van der Waals surface area contributed by atoms with Crippen LogP contribution < -0.4 is 15.8 Å². The third-order valence-electron chi connectivity index (χ3n) is 3.05. The van der Waals surface area contributed by atoms with E-state index in [1.54, 1.807) is 18.2 Å². The van der Waals surface area contributed by atoms with Gasteiger partial charge in [0.05, 0.1) is 13.7 Å². The van der Waals surface area contributed by atoms with Crippen LogP contribution in [-0.2, 0) is 13.2 Å². The number of amides is 1. The van der Waals surface area contributed by atoms with E-state index < -0.39 is 0 Å². The van der Waals surface area contributed by atoms with Gasteiger partial charge < -0.3 is 20.9 Å². The molecule has 5 nitrogen and oxygen atoms in total. The van der Waals surface area contributed by atoms with E-state index in [0.29, 0.717) is 23.5 Å². The van der Waals surface area contributed by atoms with E-state index >= 15 is 0 Å². The first-order valence-electron chi connectivity index (χ1n) is 6.54. The average molecular weight is 286 g/mol. The van der Waals surface area contributed by atoms with Crippen molar-refractivity contribution >= 4 is 11.6 Å². The Morgan fingerprint density at radius 3 is 2.71 bits per heavy atom. The van der Waals surface area contributed by atoms with Crippen LogP contribution in [0.15, 0.2) is 42.5 Å². The van der Waals surface area contributed by atoms with Gasteiger partial charge in [0.15, 0.2) is 0 Å². The van der Waals surface area contributed by atoms with Gasteiger partial charge in [-0.2, -0.15) is 0 Å². The number of benzene rings is 2. The SMILES string of the molecule is COc1cc(N)cc(C(=O)NCc2cccc(CO)c2)c1. The molecule has 0 spiro atoms. The van der Waals surface area contributed by atoms with Gasteiger partial charge in [-0.15, -0.1) is 0 Å². The summed E-state index contributed by atoms with van der Waals surface area (Å²) in [5.41, 5.74) is 8.39. The second-order valence-corrected chi connectivity index (χ2v) is 4.66. The van der Waals surface area contributed by atoms with E-state index in [1.165, 1.54) is 7.11 Å². The standard InChI is InChI=1S/C16H18N2O3/c1-21-15-7-13(6-14(17)8-15)16(20)18-9-11-3-2-4-12(5-11)10-19/h2-8,19H,9-10,17H2,1H3,(H,18,20). The number of ether oxygens (including phenoxy) is 1. The van der Waals surface area contributed by atoms with E-state index in [-0.39, 0.29) is 12.5 Å². The zero-order chi connectivity index (χ0) is 15.2. The molecule has 0 aromatic heterocycles. The third kappa shape index (κ3) is 3.97. The summed E-state index contributed by atoms with van der Waals surface area (Å²) < 4.78 is 5.09. The molecule has 0 atom stereocenters. The normalized spacial score (nSPS) is 10.2. The van der Waals surface area contributed by atoms with E-state index in [2.05, 4.69) is 5.32 Å². The molecule has 0 saturated heterocycles. The smallest absolute Gasteiger partial charge is 0.251 e. The molecule has 0 aliphatic rings. The Morgan fingerprint density at radius 1 is 1.24 bits per heavy atom. The first-order valence-corrected chi connectivity index (χ1v) is 6.54. The van der Waals surface area contributed by atoms with Crippen molar-refractivity contribution in [3.05, 3.63) is 59.2 Å². The number of nitrogen functional groups attached to an aromatic ring is 1. The minimum atomic E-state index is -0.227. The van der Waals surface area contributed by atoms with Crippen molar-refractivity contribution < 1.29 is 14.6 Å². The number of carbonyl (C=O) groups is 1. The Labute approximate surface area is 123 Å². The monoisotopic (exact) mass is 286 g/mol. The fourth-order valence-corrected chi connectivity index (χ4v) is 1.99. The molecule has 0 aliphatic heterocycles. The van der Waals surface area contributed by atoms with Crippen LogP contribution in [0.2, 0.25) is 0 Å². The van der Waals surface area contributed by atoms with Crippen LogP contribution in [0.1, 0.15) is 21.5 Å². The van der Waals surface area contributed by atoms with Crippen molar-refractivity contribution in [2.24, 2.45) is 0 Å². The number of nitrogens with two attached hydrogens (primary N) is 1. The number of methoxy groups -OCH3 is 1. The number of aliphatic hydroxyl groups excluding tert-OH is 1. The Bertz CT molecular complexity index is 641. The molecule has 0 heterocycles. The molecule has 21 heavy (non-hydrogen) atoms. The molecule has 4 N–H and O–H groups in total. The highest BCUT2D eigenvalue weighted by atomic mass is 16.5. The van der Waals surface area contributed by atoms with Crippen LogP contribution in [0.4, 0.5) is 5.69 Å². The first kappa shape index (κ1) is 14.9. The molecule has 0 bridgehead atoms. The van der Waals surface area contributed by atoms with Gasteiger partial charge in [0.2, 0.25) is 0 Å². The molecule has 2 aromatic carbocycles. The van der Waals surface area contributed by atoms with Crippen molar-refractivity contribution in [3.63, 3.8) is 0 Å². The third-order valence-corrected chi connectivity index (χ3v) is 3.05. The lowest BCUT2D eigenvalue weighted by Crippen LogP contribution is -2.23. The van der Waals surface area contributed by atoms with Gasteiger partial charge in [-0.05, 0) is 23.3 Å². The number of hydrogen-bond acceptors (Lipinski definition) is 4. The minimum absolute atomic E-state index is 0.0196. The molecule has 0 unspecified atom stereocenters. The van der Waals surface area contributed by atoms with Gasteiger partial charge in [0.25, 0.3) is 5.91 Å². The van der Waals surface area contributed by atoms with Gasteiger partial charge in [-0.25, -0.2) is 0 Å². The van der Waals surface area contributed by atoms with Gasteiger partial charge >= 0.3 is 0 Å². The summed E-state index contributed by atoms with van der Waals surface area (Å²) in [5.74, 6) is 0.317. The van der Waals surface area contributed by atoms with Crippen LogP contribution in [0.5, 0.6) is 5.75 Å². The highest BCUT2D eigenvalue weighted by Gasteiger charge is 2.08. The molecule has 1 amide bonds. The summed E-state index contributed by atoms with van der Waals surface area (Å²) in [4.78, 5) is 12.1. The van der Waals surface area contributed by atoms with E-state index in [1.807, 2.05) is 24.3 Å². The minimum Gasteiger partial charge on any atom is -0.497 e. The predicted molar refractivity (Wildman–Crippen MR) is 80.9 cm³/mol. The fourth-order valence-electron chi connectivity index (χ4n) is 1.99. The van der Waals surface area contributed by atoms with Gasteiger partial charge in [-0.3, -0.25) is 4.79 Å². The van der Waals surface area contributed by atoms with Crippen LogP contribution in [0.25, 0.3) is 0 Å². The topological polar surface area (TPSA) is 84.6 Å². The van der Waals surface area contributed by atoms with Gasteiger partial charge in [-0.1, -0.05) is 24.3 Å². The Hall–Kier alpha value is -2.53. The van der Waals surface area contributed by atoms with Crippen molar-refractivity contribution in [1.29, 1.82) is 0 Å². The summed E-state index contributed by atoms with van der Waals surface area (Å²) >= 11 is 0. The summed E-state index contributed by atoms with van der Waals surface area (Å²) in [6.45, 7) is 0.359. The lowest BCUT2D eigenvalue weighted by Gasteiger charge is -2.09. The summed E-state index contributed by atoms with van der Waals surface area (Å²) in [6.07, 6.45) is 0.